The number of carbonyl (C=O) groups excluding carboxylic acids is 3. The van der Waals surface area contributed by atoms with Gasteiger partial charge in [0.2, 0.25) is 5.91 Å². The zero-order valence-corrected chi connectivity index (χ0v) is 17.2. The maximum atomic E-state index is 12.2. The Bertz CT molecular complexity index is 912. The molecule has 0 radical (unpaired) electrons. The zero-order chi connectivity index (χ0) is 19.7. The van der Waals surface area contributed by atoms with Crippen LogP contribution in [-0.2, 0) is 16.1 Å². The number of rotatable bonds is 6. The van der Waals surface area contributed by atoms with E-state index < -0.39 is 12.2 Å². The number of hydrogen-bond acceptors (Lipinski definition) is 6. The molecule has 0 aromatic carbocycles. The van der Waals surface area contributed by atoms with E-state index in [2.05, 4.69) is 5.32 Å². The minimum Gasteiger partial charge on any atom is -0.442 e. The van der Waals surface area contributed by atoms with E-state index in [1.54, 1.807) is 17.0 Å². The molecule has 0 aliphatic carbocycles. The molecule has 2 saturated heterocycles. The Morgan fingerprint density at radius 2 is 2.21 bits per heavy atom. The Balaban J connectivity index is 1.32. The molecule has 148 valence electrons. The predicted octanol–water partition coefficient (Wildman–Crippen LogP) is 3.34. The number of anilines is 1. The SMILES string of the molecule is O=C(NC[C@H]1CN(c2cc(CN3CCCC3=O)cs2)C(=O)O1)c1ccc(Cl)s1. The van der Waals surface area contributed by atoms with Gasteiger partial charge in [-0.05, 0) is 35.6 Å². The van der Waals surface area contributed by atoms with Gasteiger partial charge in [0.25, 0.3) is 5.91 Å². The van der Waals surface area contributed by atoms with Gasteiger partial charge in [-0.15, -0.1) is 22.7 Å². The molecular weight excluding hydrogens is 422 g/mol. The van der Waals surface area contributed by atoms with Gasteiger partial charge in [0.05, 0.1) is 22.3 Å². The summed E-state index contributed by atoms with van der Waals surface area (Å²) in [6, 6.07) is 5.25. The normalized spacial score (nSPS) is 19.4. The molecule has 4 rings (SSSR count). The molecule has 2 aliphatic heterocycles. The lowest BCUT2D eigenvalue weighted by molar-refractivity contribution is -0.128. The quantitative estimate of drug-likeness (QED) is 0.748. The van der Waals surface area contributed by atoms with Crippen LogP contribution in [0, 0.1) is 0 Å². The van der Waals surface area contributed by atoms with E-state index in [1.165, 1.54) is 22.7 Å². The number of ether oxygens (including phenoxy) is 1. The maximum Gasteiger partial charge on any atom is 0.415 e. The monoisotopic (exact) mass is 439 g/mol. The average molecular weight is 440 g/mol. The van der Waals surface area contributed by atoms with Crippen molar-refractivity contribution in [1.29, 1.82) is 0 Å². The molecule has 28 heavy (non-hydrogen) atoms. The highest BCUT2D eigenvalue weighted by Crippen LogP contribution is 2.30. The van der Waals surface area contributed by atoms with Crippen molar-refractivity contribution in [2.24, 2.45) is 0 Å². The minimum absolute atomic E-state index is 0.177. The van der Waals surface area contributed by atoms with E-state index >= 15 is 0 Å². The summed E-state index contributed by atoms with van der Waals surface area (Å²) in [6.45, 7) is 1.96. The maximum absolute atomic E-state index is 12.2. The van der Waals surface area contributed by atoms with Crippen molar-refractivity contribution in [3.05, 3.63) is 38.4 Å². The first kappa shape index (κ1) is 19.2. The number of cyclic esters (lactones) is 1. The van der Waals surface area contributed by atoms with Gasteiger partial charge in [-0.3, -0.25) is 14.5 Å². The molecule has 7 nitrogen and oxygen atoms in total. The first-order valence-electron chi connectivity index (χ1n) is 8.86. The van der Waals surface area contributed by atoms with E-state index in [0.29, 0.717) is 28.7 Å². The standard InChI is InChI=1S/C18H18ClN3O4S2/c19-14-4-3-13(28-14)17(24)20-7-12-9-22(18(25)26-12)16-6-11(10-27-16)8-21-5-1-2-15(21)23/h3-4,6,10,12H,1-2,5,7-9H2,(H,20,24)/t12-/m0/s1. The fraction of sp³-hybridized carbons (Fsp3) is 0.389. The highest BCUT2D eigenvalue weighted by molar-refractivity contribution is 7.18. The number of amides is 3. The van der Waals surface area contributed by atoms with Gasteiger partial charge in [0.1, 0.15) is 11.1 Å². The highest BCUT2D eigenvalue weighted by atomic mass is 35.5. The number of carbonyl (C=O) groups is 3. The third-order valence-corrected chi connectivity index (χ3v) is 6.84. The van der Waals surface area contributed by atoms with E-state index in [-0.39, 0.29) is 18.4 Å². The van der Waals surface area contributed by atoms with E-state index in [9.17, 15) is 14.4 Å². The van der Waals surface area contributed by atoms with Crippen LogP contribution in [0.15, 0.2) is 23.6 Å². The van der Waals surface area contributed by atoms with Crippen molar-refractivity contribution >= 4 is 57.2 Å². The second kappa shape index (κ2) is 8.10. The molecule has 10 heteroatoms. The van der Waals surface area contributed by atoms with Crippen LogP contribution >= 0.6 is 34.3 Å². The molecule has 2 aromatic heterocycles. The predicted molar refractivity (Wildman–Crippen MR) is 108 cm³/mol. The summed E-state index contributed by atoms with van der Waals surface area (Å²) >= 11 is 8.49. The number of halogens is 1. The number of hydrogen-bond donors (Lipinski definition) is 1. The number of nitrogens with zero attached hydrogens (tertiary/aromatic N) is 2. The largest absolute Gasteiger partial charge is 0.442 e. The first-order chi connectivity index (χ1) is 13.5. The molecule has 0 saturated carbocycles. The van der Waals surface area contributed by atoms with Crippen molar-refractivity contribution in [2.75, 3.05) is 24.5 Å². The molecule has 0 spiro atoms. The van der Waals surface area contributed by atoms with Crippen molar-refractivity contribution in [3.63, 3.8) is 0 Å². The number of thiophene rings is 2. The van der Waals surface area contributed by atoms with Crippen LogP contribution in [0.1, 0.15) is 28.1 Å². The van der Waals surface area contributed by atoms with Crippen molar-refractivity contribution in [1.82, 2.24) is 10.2 Å². The molecular formula is C18H18ClN3O4S2. The van der Waals surface area contributed by atoms with Gasteiger partial charge in [-0.1, -0.05) is 11.6 Å². The molecule has 2 fully saturated rings. The Morgan fingerprint density at radius 3 is 2.93 bits per heavy atom. The topological polar surface area (TPSA) is 79.0 Å². The Labute approximate surface area is 174 Å². The average Bonchev–Trinajstić information content (AvgIpc) is 3.43. The lowest BCUT2D eigenvalue weighted by Gasteiger charge is -2.14. The number of nitrogens with one attached hydrogen (secondary N) is 1. The third kappa shape index (κ3) is 4.16. The molecule has 0 bridgehead atoms. The fourth-order valence-electron chi connectivity index (χ4n) is 3.22. The Kier molecular flexibility index (Phi) is 5.56. The van der Waals surface area contributed by atoms with E-state index in [1.807, 2.05) is 16.3 Å². The van der Waals surface area contributed by atoms with E-state index in [0.717, 1.165) is 23.5 Å². The first-order valence-corrected chi connectivity index (χ1v) is 10.9. The smallest absolute Gasteiger partial charge is 0.415 e. The fourth-order valence-corrected chi connectivity index (χ4v) is 5.09. The molecule has 3 amide bonds. The van der Waals surface area contributed by atoms with Crippen LogP contribution in [0.2, 0.25) is 4.34 Å². The number of likely N-dealkylation sites (tertiary alicyclic amines) is 1. The minimum atomic E-state index is -0.427. The molecule has 2 aliphatic rings. The lowest BCUT2D eigenvalue weighted by Crippen LogP contribution is -2.34. The van der Waals surface area contributed by atoms with Gasteiger partial charge < -0.3 is 15.0 Å². The summed E-state index contributed by atoms with van der Waals surface area (Å²) in [5.74, 6) is -0.0590. The summed E-state index contributed by atoms with van der Waals surface area (Å²) in [5.41, 5.74) is 1.01. The van der Waals surface area contributed by atoms with Crippen LogP contribution in [0.5, 0.6) is 0 Å². The van der Waals surface area contributed by atoms with Gasteiger partial charge in [0, 0.05) is 19.5 Å². The zero-order valence-electron chi connectivity index (χ0n) is 14.9. The Morgan fingerprint density at radius 1 is 1.36 bits per heavy atom. The summed E-state index contributed by atoms with van der Waals surface area (Å²) in [4.78, 5) is 40.0. The van der Waals surface area contributed by atoms with Gasteiger partial charge in [-0.2, -0.15) is 0 Å². The Hall–Kier alpha value is -2.10. The van der Waals surface area contributed by atoms with Gasteiger partial charge in [-0.25, -0.2) is 4.79 Å². The van der Waals surface area contributed by atoms with Crippen LogP contribution < -0.4 is 10.2 Å². The molecule has 1 N–H and O–H groups in total. The van der Waals surface area contributed by atoms with Crippen LogP contribution in [-0.4, -0.2) is 48.5 Å². The third-order valence-electron chi connectivity index (χ3n) is 4.61. The second-order valence-corrected chi connectivity index (χ2v) is 9.25. The van der Waals surface area contributed by atoms with E-state index in [4.69, 9.17) is 16.3 Å². The molecule has 2 aromatic rings. The van der Waals surface area contributed by atoms with Gasteiger partial charge >= 0.3 is 6.09 Å². The summed E-state index contributed by atoms with van der Waals surface area (Å²) in [6.07, 6.45) is 0.668. The molecule has 4 heterocycles. The van der Waals surface area contributed by atoms with Crippen LogP contribution in [0.25, 0.3) is 0 Å². The van der Waals surface area contributed by atoms with Crippen LogP contribution in [0.4, 0.5) is 9.80 Å². The summed E-state index contributed by atoms with van der Waals surface area (Å²) in [5, 5.41) is 5.52. The lowest BCUT2D eigenvalue weighted by atomic mass is 10.3. The summed E-state index contributed by atoms with van der Waals surface area (Å²) in [7, 11) is 0. The molecule has 0 unspecified atom stereocenters. The highest BCUT2D eigenvalue weighted by Gasteiger charge is 2.33. The van der Waals surface area contributed by atoms with Crippen molar-refractivity contribution in [3.8, 4) is 0 Å². The van der Waals surface area contributed by atoms with Crippen LogP contribution in [0.3, 0.4) is 0 Å². The van der Waals surface area contributed by atoms with Crippen molar-refractivity contribution < 1.29 is 19.1 Å². The summed E-state index contributed by atoms with van der Waals surface area (Å²) < 4.78 is 5.92. The van der Waals surface area contributed by atoms with Gasteiger partial charge in [0.15, 0.2) is 0 Å². The second-order valence-electron chi connectivity index (χ2n) is 6.64. The van der Waals surface area contributed by atoms with Crippen molar-refractivity contribution in [2.45, 2.75) is 25.5 Å². The molecule has 1 atom stereocenters.